The zero-order valence-corrected chi connectivity index (χ0v) is 14.2. The molecule has 1 atom stereocenters. The first-order valence-corrected chi connectivity index (χ1v) is 8.53. The van der Waals surface area contributed by atoms with Crippen molar-refractivity contribution in [2.75, 3.05) is 6.61 Å². The fourth-order valence-electron chi connectivity index (χ4n) is 2.64. The Balaban J connectivity index is 1.88. The average Bonchev–Trinajstić information content (AvgIpc) is 3.03. The number of nitrogens with zero attached hydrogens (tertiary/aromatic N) is 2. The molecule has 0 aliphatic rings. The van der Waals surface area contributed by atoms with Gasteiger partial charge in [0.25, 0.3) is 0 Å². The summed E-state index contributed by atoms with van der Waals surface area (Å²) in [5.74, 6) is 0.823. The third-order valence-corrected chi connectivity index (χ3v) is 4.02. The average molecular weight is 316 g/mol. The SMILES string of the molecule is CCCCCCCOc1cccc(C(C)(O)Cn2ccnc2)c1. The van der Waals surface area contributed by atoms with E-state index in [9.17, 15) is 5.11 Å². The van der Waals surface area contributed by atoms with E-state index >= 15 is 0 Å². The number of aliphatic hydroxyl groups is 1. The number of aromatic nitrogens is 2. The van der Waals surface area contributed by atoms with Gasteiger partial charge in [-0.25, -0.2) is 4.98 Å². The van der Waals surface area contributed by atoms with Gasteiger partial charge in [-0.1, -0.05) is 44.7 Å². The molecule has 1 N–H and O–H groups in total. The molecule has 126 valence electrons. The van der Waals surface area contributed by atoms with Gasteiger partial charge in [0.1, 0.15) is 11.4 Å². The summed E-state index contributed by atoms with van der Waals surface area (Å²) in [5.41, 5.74) is -0.101. The van der Waals surface area contributed by atoms with Crippen LogP contribution in [0.4, 0.5) is 0 Å². The third kappa shape index (κ3) is 5.71. The second-order valence-electron chi connectivity index (χ2n) is 6.30. The van der Waals surface area contributed by atoms with E-state index in [1.807, 2.05) is 42.0 Å². The van der Waals surface area contributed by atoms with Gasteiger partial charge in [-0.3, -0.25) is 0 Å². The zero-order chi connectivity index (χ0) is 16.5. The molecule has 0 radical (unpaired) electrons. The van der Waals surface area contributed by atoms with Crippen LogP contribution in [0.15, 0.2) is 43.0 Å². The monoisotopic (exact) mass is 316 g/mol. The van der Waals surface area contributed by atoms with Crippen LogP contribution in [0.3, 0.4) is 0 Å². The molecule has 1 unspecified atom stereocenters. The van der Waals surface area contributed by atoms with Gasteiger partial charge >= 0.3 is 0 Å². The van der Waals surface area contributed by atoms with Gasteiger partial charge in [0, 0.05) is 12.4 Å². The third-order valence-electron chi connectivity index (χ3n) is 4.02. The number of benzene rings is 1. The molecule has 0 bridgehead atoms. The normalized spacial score (nSPS) is 13.7. The van der Waals surface area contributed by atoms with Crippen molar-refractivity contribution in [3.8, 4) is 5.75 Å². The van der Waals surface area contributed by atoms with Crippen LogP contribution in [0.2, 0.25) is 0 Å². The van der Waals surface area contributed by atoms with Crippen molar-refractivity contribution in [3.63, 3.8) is 0 Å². The molecule has 4 heteroatoms. The lowest BCUT2D eigenvalue weighted by molar-refractivity contribution is 0.0380. The van der Waals surface area contributed by atoms with Crippen LogP contribution in [-0.2, 0) is 12.1 Å². The summed E-state index contributed by atoms with van der Waals surface area (Å²) in [4.78, 5) is 4.02. The van der Waals surface area contributed by atoms with Crippen molar-refractivity contribution in [2.45, 2.75) is 58.1 Å². The summed E-state index contributed by atoms with van der Waals surface area (Å²) < 4.78 is 7.70. The van der Waals surface area contributed by atoms with Gasteiger partial charge < -0.3 is 14.4 Å². The number of hydrogen-bond acceptors (Lipinski definition) is 3. The smallest absolute Gasteiger partial charge is 0.119 e. The van der Waals surface area contributed by atoms with E-state index in [4.69, 9.17) is 4.74 Å². The van der Waals surface area contributed by atoms with Gasteiger partial charge in [0.2, 0.25) is 0 Å². The molecule has 0 aliphatic heterocycles. The zero-order valence-electron chi connectivity index (χ0n) is 14.2. The predicted molar refractivity (Wildman–Crippen MR) is 92.5 cm³/mol. The summed E-state index contributed by atoms with van der Waals surface area (Å²) >= 11 is 0. The molecule has 23 heavy (non-hydrogen) atoms. The quantitative estimate of drug-likeness (QED) is 0.670. The van der Waals surface area contributed by atoms with Crippen molar-refractivity contribution in [3.05, 3.63) is 48.5 Å². The Kier molecular flexibility index (Phi) is 6.66. The van der Waals surface area contributed by atoms with E-state index in [1.54, 1.807) is 12.5 Å². The van der Waals surface area contributed by atoms with Crippen LogP contribution < -0.4 is 4.74 Å². The summed E-state index contributed by atoms with van der Waals surface area (Å²) in [7, 11) is 0. The van der Waals surface area contributed by atoms with Crippen LogP contribution >= 0.6 is 0 Å². The number of rotatable bonds is 10. The molecule has 4 nitrogen and oxygen atoms in total. The molecule has 0 amide bonds. The Labute approximate surface area is 139 Å². The molecule has 0 saturated heterocycles. The molecule has 2 rings (SSSR count). The highest BCUT2D eigenvalue weighted by Crippen LogP contribution is 2.26. The fraction of sp³-hybridized carbons (Fsp3) is 0.526. The lowest BCUT2D eigenvalue weighted by Gasteiger charge is -2.24. The van der Waals surface area contributed by atoms with Crippen LogP contribution in [0, 0.1) is 0 Å². The minimum Gasteiger partial charge on any atom is -0.494 e. The van der Waals surface area contributed by atoms with Gasteiger partial charge in [0.15, 0.2) is 0 Å². The highest BCUT2D eigenvalue weighted by molar-refractivity contribution is 5.32. The van der Waals surface area contributed by atoms with Gasteiger partial charge in [0.05, 0.1) is 19.5 Å². The van der Waals surface area contributed by atoms with Gasteiger partial charge in [-0.15, -0.1) is 0 Å². The standard InChI is InChI=1S/C19H28N2O2/c1-3-4-5-6-7-13-23-18-10-8-9-17(14-18)19(2,22)15-21-12-11-20-16-21/h8-12,14,16,22H,3-7,13,15H2,1-2H3. The van der Waals surface area contributed by atoms with Crippen LogP contribution in [0.5, 0.6) is 5.75 Å². The summed E-state index contributed by atoms with van der Waals surface area (Å²) in [6, 6.07) is 7.75. The highest BCUT2D eigenvalue weighted by atomic mass is 16.5. The number of ether oxygens (including phenoxy) is 1. The Bertz CT molecular complexity index is 565. The molecular weight excluding hydrogens is 288 g/mol. The van der Waals surface area contributed by atoms with E-state index < -0.39 is 5.60 Å². The molecule has 2 aromatic rings. The van der Waals surface area contributed by atoms with Crippen molar-refractivity contribution in [2.24, 2.45) is 0 Å². The molecule has 0 aliphatic carbocycles. The van der Waals surface area contributed by atoms with E-state index in [0.29, 0.717) is 6.54 Å². The molecule has 0 fully saturated rings. The highest BCUT2D eigenvalue weighted by Gasteiger charge is 2.24. The minimum absolute atomic E-state index is 0.466. The molecule has 0 saturated carbocycles. The summed E-state index contributed by atoms with van der Waals surface area (Å²) in [6.07, 6.45) is 11.4. The topological polar surface area (TPSA) is 47.3 Å². The minimum atomic E-state index is -0.957. The lowest BCUT2D eigenvalue weighted by Crippen LogP contribution is -2.27. The van der Waals surface area contributed by atoms with Gasteiger partial charge in [-0.2, -0.15) is 0 Å². The van der Waals surface area contributed by atoms with Crippen molar-refractivity contribution >= 4 is 0 Å². The Morgan fingerprint density at radius 3 is 2.78 bits per heavy atom. The molecule has 1 aromatic carbocycles. The van der Waals surface area contributed by atoms with Gasteiger partial charge in [-0.05, 0) is 31.0 Å². The second kappa shape index (κ2) is 8.73. The van der Waals surface area contributed by atoms with Crippen molar-refractivity contribution in [1.82, 2.24) is 9.55 Å². The number of hydrogen-bond donors (Lipinski definition) is 1. The summed E-state index contributed by atoms with van der Waals surface area (Å²) in [6.45, 7) is 5.23. The maximum atomic E-state index is 10.7. The van der Waals surface area contributed by atoms with Crippen molar-refractivity contribution < 1.29 is 9.84 Å². The lowest BCUT2D eigenvalue weighted by atomic mass is 9.96. The second-order valence-corrected chi connectivity index (χ2v) is 6.30. The van der Waals surface area contributed by atoms with Crippen LogP contribution in [-0.4, -0.2) is 21.3 Å². The Morgan fingerprint density at radius 1 is 1.22 bits per heavy atom. The van der Waals surface area contributed by atoms with Crippen molar-refractivity contribution in [1.29, 1.82) is 0 Å². The largest absolute Gasteiger partial charge is 0.494 e. The molecular formula is C19H28N2O2. The van der Waals surface area contributed by atoms with E-state index in [1.165, 1.54) is 25.7 Å². The first kappa shape index (κ1) is 17.5. The first-order valence-electron chi connectivity index (χ1n) is 8.53. The summed E-state index contributed by atoms with van der Waals surface area (Å²) in [5, 5.41) is 10.7. The van der Waals surface area contributed by atoms with Crippen LogP contribution in [0.1, 0.15) is 51.5 Å². The first-order chi connectivity index (χ1) is 11.1. The number of unbranched alkanes of at least 4 members (excludes halogenated alkanes) is 4. The maximum absolute atomic E-state index is 10.7. The Morgan fingerprint density at radius 2 is 2.04 bits per heavy atom. The molecule has 1 aromatic heterocycles. The molecule has 1 heterocycles. The van der Waals surface area contributed by atoms with E-state index in [0.717, 1.165) is 24.3 Å². The van der Waals surface area contributed by atoms with Crippen LogP contribution in [0.25, 0.3) is 0 Å². The Hall–Kier alpha value is -1.81. The maximum Gasteiger partial charge on any atom is 0.119 e. The molecule has 0 spiro atoms. The number of imidazole rings is 1. The van der Waals surface area contributed by atoms with E-state index in [2.05, 4.69) is 11.9 Å². The predicted octanol–water partition coefficient (Wildman–Crippen LogP) is 4.14. The van der Waals surface area contributed by atoms with E-state index in [-0.39, 0.29) is 0 Å². The fourth-order valence-corrected chi connectivity index (χ4v) is 2.64.